The molecule has 0 fully saturated rings. The zero-order chi connectivity index (χ0) is 21.8. The van der Waals surface area contributed by atoms with Crippen LogP contribution >= 0.6 is 11.6 Å². The highest BCUT2D eigenvalue weighted by atomic mass is 35.5. The number of halogens is 1. The monoisotopic (exact) mass is 419 g/mol. The summed E-state index contributed by atoms with van der Waals surface area (Å²) < 4.78 is 7.24. The number of ether oxygens (including phenoxy) is 1. The zero-order valence-electron chi connectivity index (χ0n) is 17.3. The average Bonchev–Trinajstić information content (AvgIpc) is 3.00. The Kier molecular flexibility index (Phi) is 6.29. The van der Waals surface area contributed by atoms with Crippen molar-refractivity contribution in [2.24, 2.45) is 0 Å². The minimum absolute atomic E-state index is 0.0311. The molecule has 5 nitrogen and oxygen atoms in total. The summed E-state index contributed by atoms with van der Waals surface area (Å²) in [7, 11) is 1.57. The maximum Gasteiger partial charge on any atom is 0.266 e. The molecule has 3 rings (SSSR count). The third-order valence-electron chi connectivity index (χ3n) is 4.84. The first kappa shape index (κ1) is 21.2. The van der Waals surface area contributed by atoms with Crippen LogP contribution in [0, 0.1) is 32.1 Å². The second kappa shape index (κ2) is 8.89. The highest BCUT2D eigenvalue weighted by molar-refractivity contribution is 6.32. The summed E-state index contributed by atoms with van der Waals surface area (Å²) >= 11 is 6.28. The third kappa shape index (κ3) is 4.40. The number of carbonyl (C=O) groups excluding carboxylic acids is 1. The number of amides is 1. The molecule has 3 aromatic rings. The van der Waals surface area contributed by atoms with Gasteiger partial charge in [0.15, 0.2) is 0 Å². The van der Waals surface area contributed by atoms with Crippen LogP contribution in [0.2, 0.25) is 5.02 Å². The average molecular weight is 420 g/mol. The molecule has 0 aliphatic heterocycles. The number of methoxy groups -OCH3 is 1. The second-order valence-corrected chi connectivity index (χ2v) is 7.38. The molecule has 30 heavy (non-hydrogen) atoms. The van der Waals surface area contributed by atoms with Crippen LogP contribution in [0.15, 0.2) is 54.1 Å². The molecule has 152 valence electrons. The van der Waals surface area contributed by atoms with Crippen LogP contribution in [0.25, 0.3) is 11.8 Å². The first-order valence-corrected chi connectivity index (χ1v) is 9.74. The van der Waals surface area contributed by atoms with Crippen molar-refractivity contribution in [2.75, 3.05) is 12.4 Å². The number of rotatable bonds is 5. The maximum atomic E-state index is 12.6. The van der Waals surface area contributed by atoms with Gasteiger partial charge in [-0.25, -0.2) is 0 Å². The molecule has 1 amide bonds. The normalized spacial score (nSPS) is 11.1. The van der Waals surface area contributed by atoms with Gasteiger partial charge in [-0.3, -0.25) is 4.79 Å². The molecular weight excluding hydrogens is 398 g/mol. The summed E-state index contributed by atoms with van der Waals surface area (Å²) in [6.07, 6.45) is 1.60. The maximum absolute atomic E-state index is 12.6. The topological polar surface area (TPSA) is 67.0 Å². The fourth-order valence-corrected chi connectivity index (χ4v) is 3.52. The van der Waals surface area contributed by atoms with Gasteiger partial charge in [-0.1, -0.05) is 29.3 Å². The van der Waals surface area contributed by atoms with Gasteiger partial charge in [-0.15, -0.1) is 0 Å². The van der Waals surface area contributed by atoms with Crippen LogP contribution in [0.1, 0.15) is 22.5 Å². The van der Waals surface area contributed by atoms with Gasteiger partial charge in [0.05, 0.1) is 12.1 Å². The van der Waals surface area contributed by atoms with E-state index in [0.29, 0.717) is 16.5 Å². The molecule has 0 atom stereocenters. The van der Waals surface area contributed by atoms with Crippen LogP contribution in [-0.4, -0.2) is 17.6 Å². The minimum Gasteiger partial charge on any atom is -0.495 e. The molecule has 0 radical (unpaired) electrons. The Bertz CT molecular complexity index is 1170. The van der Waals surface area contributed by atoms with Crippen LogP contribution in [0.3, 0.4) is 0 Å². The summed E-state index contributed by atoms with van der Waals surface area (Å²) in [5, 5.41) is 12.8. The Morgan fingerprint density at radius 3 is 2.43 bits per heavy atom. The van der Waals surface area contributed by atoms with E-state index in [2.05, 4.69) is 5.32 Å². The quantitative estimate of drug-likeness (QED) is 0.431. The predicted molar refractivity (Wildman–Crippen MR) is 120 cm³/mol. The van der Waals surface area contributed by atoms with Gasteiger partial charge in [0.2, 0.25) is 0 Å². The number of hydrogen-bond donors (Lipinski definition) is 1. The van der Waals surface area contributed by atoms with Crippen molar-refractivity contribution in [2.45, 2.75) is 20.8 Å². The van der Waals surface area contributed by atoms with Crippen LogP contribution < -0.4 is 10.1 Å². The Labute approximate surface area is 181 Å². The molecule has 1 aromatic heterocycles. The van der Waals surface area contributed by atoms with E-state index in [1.165, 1.54) is 0 Å². The lowest BCUT2D eigenvalue weighted by Gasteiger charge is -2.12. The molecule has 0 spiro atoms. The van der Waals surface area contributed by atoms with E-state index < -0.39 is 5.91 Å². The molecule has 0 aliphatic rings. The van der Waals surface area contributed by atoms with Gasteiger partial charge < -0.3 is 14.6 Å². The number of benzene rings is 2. The van der Waals surface area contributed by atoms with E-state index in [1.807, 2.05) is 79.9 Å². The highest BCUT2D eigenvalue weighted by Gasteiger charge is 2.15. The van der Waals surface area contributed by atoms with Crippen molar-refractivity contribution in [3.8, 4) is 17.5 Å². The van der Waals surface area contributed by atoms with E-state index in [4.69, 9.17) is 16.3 Å². The van der Waals surface area contributed by atoms with Crippen LogP contribution in [0.5, 0.6) is 5.75 Å². The van der Waals surface area contributed by atoms with Crippen molar-refractivity contribution >= 4 is 29.3 Å². The lowest BCUT2D eigenvalue weighted by atomic mass is 10.1. The van der Waals surface area contributed by atoms with E-state index in [1.54, 1.807) is 13.2 Å². The molecule has 0 bridgehead atoms. The second-order valence-electron chi connectivity index (χ2n) is 6.97. The first-order valence-electron chi connectivity index (χ1n) is 9.36. The van der Waals surface area contributed by atoms with Crippen molar-refractivity contribution in [1.29, 1.82) is 5.26 Å². The molecule has 1 heterocycles. The molecule has 0 saturated carbocycles. The number of hydrogen-bond acceptors (Lipinski definition) is 3. The largest absolute Gasteiger partial charge is 0.495 e. The lowest BCUT2D eigenvalue weighted by molar-refractivity contribution is -0.112. The Hall–Kier alpha value is -3.49. The van der Waals surface area contributed by atoms with Crippen LogP contribution in [-0.2, 0) is 4.79 Å². The number of aromatic nitrogens is 1. The van der Waals surface area contributed by atoms with E-state index in [0.717, 1.165) is 28.2 Å². The molecule has 1 N–H and O–H groups in total. The summed E-state index contributed by atoms with van der Waals surface area (Å²) in [6, 6.07) is 16.9. The van der Waals surface area contributed by atoms with Gasteiger partial charge in [0, 0.05) is 22.8 Å². The molecule has 0 unspecified atom stereocenters. The summed E-state index contributed by atoms with van der Waals surface area (Å²) in [5.74, 6) is 0.154. The van der Waals surface area contributed by atoms with Crippen molar-refractivity contribution in [3.63, 3.8) is 0 Å². The molecule has 0 aliphatic carbocycles. The Morgan fingerprint density at radius 2 is 1.83 bits per heavy atom. The van der Waals surface area contributed by atoms with Crippen molar-refractivity contribution in [3.05, 3.63) is 81.6 Å². The van der Waals surface area contributed by atoms with Crippen LogP contribution in [0.4, 0.5) is 5.69 Å². The standard InChI is InChI=1S/C24H22ClN3O2/c1-15-5-7-20(8-6-15)27-24(29)19(14-26)12-18-11-16(2)28(17(18)3)21-9-10-23(30-4)22(25)13-21/h5-13H,1-4H3,(H,27,29)/b19-12+. The number of aryl methyl sites for hydroxylation is 2. The van der Waals surface area contributed by atoms with Gasteiger partial charge in [0.25, 0.3) is 5.91 Å². The van der Waals surface area contributed by atoms with Gasteiger partial charge in [0.1, 0.15) is 17.4 Å². The van der Waals surface area contributed by atoms with E-state index in [9.17, 15) is 10.1 Å². The van der Waals surface area contributed by atoms with Crippen molar-refractivity contribution < 1.29 is 9.53 Å². The molecule has 6 heteroatoms. The number of carbonyl (C=O) groups is 1. The zero-order valence-corrected chi connectivity index (χ0v) is 18.0. The van der Waals surface area contributed by atoms with Gasteiger partial charge in [-0.2, -0.15) is 5.26 Å². The van der Waals surface area contributed by atoms with Gasteiger partial charge in [-0.05, 0) is 68.8 Å². The first-order chi connectivity index (χ1) is 14.3. The SMILES string of the molecule is COc1ccc(-n2c(C)cc(/C=C(\C#N)C(=O)Nc3ccc(C)cc3)c2C)cc1Cl. The summed E-state index contributed by atoms with van der Waals surface area (Å²) in [4.78, 5) is 12.6. The van der Waals surface area contributed by atoms with E-state index >= 15 is 0 Å². The summed E-state index contributed by atoms with van der Waals surface area (Å²) in [6.45, 7) is 5.86. The Morgan fingerprint density at radius 1 is 1.13 bits per heavy atom. The van der Waals surface area contributed by atoms with Crippen molar-refractivity contribution in [1.82, 2.24) is 4.57 Å². The number of nitrogens with one attached hydrogen (secondary N) is 1. The minimum atomic E-state index is -0.446. The lowest BCUT2D eigenvalue weighted by Crippen LogP contribution is -2.13. The molecule has 2 aromatic carbocycles. The molecule has 0 saturated heterocycles. The fraction of sp³-hybridized carbons (Fsp3) is 0.167. The molecular formula is C24H22ClN3O2. The van der Waals surface area contributed by atoms with E-state index in [-0.39, 0.29) is 5.57 Å². The van der Waals surface area contributed by atoms with Gasteiger partial charge >= 0.3 is 0 Å². The Balaban J connectivity index is 1.93. The highest BCUT2D eigenvalue weighted by Crippen LogP contribution is 2.29. The third-order valence-corrected chi connectivity index (χ3v) is 5.13. The predicted octanol–water partition coefficient (Wildman–Crippen LogP) is 5.61. The number of nitriles is 1. The number of nitrogens with zero attached hydrogens (tertiary/aromatic N) is 2. The smallest absolute Gasteiger partial charge is 0.266 e. The summed E-state index contributed by atoms with van der Waals surface area (Å²) in [5.41, 5.74) is 5.28. The fourth-order valence-electron chi connectivity index (χ4n) is 3.26. The number of anilines is 1.